The van der Waals surface area contributed by atoms with Crippen LogP contribution in [0, 0.1) is 0 Å². The topological polar surface area (TPSA) is 57.4 Å². The predicted octanol–water partition coefficient (Wildman–Crippen LogP) is 28.1. The van der Waals surface area contributed by atoms with Crippen LogP contribution >= 0.6 is 0 Å². The summed E-state index contributed by atoms with van der Waals surface area (Å²) in [5.41, 5.74) is 21.2. The number of aromatic nitrogens is 4. The van der Waals surface area contributed by atoms with E-state index < -0.39 is 0 Å². The van der Waals surface area contributed by atoms with Gasteiger partial charge in [0.2, 0.25) is 0 Å². The number of nitrogens with zero attached hydrogens (tertiary/aromatic N) is 2. The summed E-state index contributed by atoms with van der Waals surface area (Å²) < 4.78 is 0. The molecule has 4 heteroatoms. The summed E-state index contributed by atoms with van der Waals surface area (Å²) in [7, 11) is 0. The summed E-state index contributed by atoms with van der Waals surface area (Å²) in [5, 5.41) is 30.1. The zero-order valence-corrected chi connectivity index (χ0v) is 61.0. The Morgan fingerprint density at radius 1 is 0.192 bits per heavy atom. The first-order valence-corrected chi connectivity index (χ1v) is 37.1. The van der Waals surface area contributed by atoms with E-state index in [1.165, 1.54) is 152 Å². The number of fused-ring (bicyclic) bond motifs is 8. The molecule has 0 saturated heterocycles. The Hall–Kier alpha value is -11.7. The molecule has 0 aliphatic carbocycles. The van der Waals surface area contributed by atoms with Gasteiger partial charge in [-0.3, -0.25) is 0 Å². The summed E-state index contributed by atoms with van der Waals surface area (Å²) in [6.07, 6.45) is 9.02. The Kier molecular flexibility index (Phi) is 12.3. The second kappa shape index (κ2) is 21.0. The van der Waals surface area contributed by atoms with E-state index in [1.807, 2.05) is 0 Å². The van der Waals surface area contributed by atoms with Crippen molar-refractivity contribution in [1.29, 1.82) is 0 Å². The first kappa shape index (κ1) is 61.0. The summed E-state index contributed by atoms with van der Waals surface area (Å²) >= 11 is 0. The molecule has 0 atom stereocenters. The molecule has 2 aliphatic rings. The van der Waals surface area contributed by atoms with Gasteiger partial charge in [-0.25, -0.2) is 9.97 Å². The van der Waals surface area contributed by atoms with Crippen molar-refractivity contribution in [3.8, 4) is 44.5 Å². The highest BCUT2D eigenvalue weighted by Crippen LogP contribution is 2.49. The van der Waals surface area contributed by atoms with Gasteiger partial charge in [-0.15, -0.1) is 0 Å². The van der Waals surface area contributed by atoms with E-state index in [0.29, 0.717) is 0 Å². The third kappa shape index (κ3) is 9.16. The SMILES string of the molecule is CC(C)(C)c1cc2ccc3cc(-c4c5nc(c(-c6cc7ccc8cc(C(C)(C)C)cc9ccc(c6)c7c89)c6ccc([nH]6)c(-c6cc7ccc8cc(C(C)(C)C)cc9ccc(c6)c7c89)c6nc(c(-c7cc8ccc9cc(C(C)(C)C)cc%10ccc(c7)c8c9%10)c7ccc4[nH]7)C=C6)C=C5)cc4ccc(c1)c2c34. The quantitative estimate of drug-likeness (QED) is 0.173. The molecule has 5 heterocycles. The molecule has 0 spiro atoms. The number of rotatable bonds is 4. The van der Waals surface area contributed by atoms with Crippen LogP contribution in [0.2, 0.25) is 0 Å². The van der Waals surface area contributed by atoms with E-state index in [2.05, 4.69) is 336 Å². The second-order valence-corrected chi connectivity index (χ2v) is 34.4. The van der Waals surface area contributed by atoms with Gasteiger partial charge in [-0.2, -0.15) is 0 Å². The van der Waals surface area contributed by atoms with Crippen molar-refractivity contribution in [2.45, 2.75) is 105 Å². The van der Waals surface area contributed by atoms with E-state index in [-0.39, 0.29) is 21.7 Å². The van der Waals surface area contributed by atoms with Crippen LogP contribution in [0.3, 0.4) is 0 Å². The van der Waals surface area contributed by atoms with E-state index in [0.717, 1.165) is 89.4 Å². The monoisotopic (exact) mass is 1330 g/mol. The van der Waals surface area contributed by atoms with Gasteiger partial charge in [0, 0.05) is 44.3 Å². The fourth-order valence-electron chi connectivity index (χ4n) is 18.1. The third-order valence-corrected chi connectivity index (χ3v) is 23.5. The van der Waals surface area contributed by atoms with Crippen molar-refractivity contribution in [2.75, 3.05) is 0 Å². The van der Waals surface area contributed by atoms with E-state index in [9.17, 15) is 0 Å². The van der Waals surface area contributed by atoms with Gasteiger partial charge in [-0.1, -0.05) is 229 Å². The standard InChI is InChI=1S/C100H78N4/c1-97(2,3)73-45-61-21-13-53-37-69(38-54-14-22-62(46-73)89(61)85(53)54)93-77-29-31-79(101-77)94(70-39-55-15-23-63-47-74(98(4,5)6)48-64-24-16-56(40-70)86(55)90(63)64)81-33-35-83(103-81)96(72-43-59-19-27-67-51-76(100(10,11)12)52-68-28-20-60(44-72)88(59)92(67)68)84-36-34-82(104-84)95(80-32-30-78(93)102-80)71-41-57-17-25-65-49-75(99(7,8)9)50-66-26-18-58(42-71)87(57)91(65)66/h13-52,101,104H,1-12H3. The Morgan fingerprint density at radius 3 is 0.481 bits per heavy atom. The predicted molar refractivity (Wildman–Crippen MR) is 450 cm³/mol. The normalized spacial score (nSPS) is 13.5. The minimum atomic E-state index is 0.0122. The maximum absolute atomic E-state index is 5.97. The van der Waals surface area contributed by atoms with Crippen LogP contribution < -0.4 is 0 Å². The number of H-pyrrole nitrogens is 2. The first-order chi connectivity index (χ1) is 49.9. The summed E-state index contributed by atoms with van der Waals surface area (Å²) in [6, 6.07) is 85.0. The van der Waals surface area contributed by atoms with Crippen LogP contribution in [0.15, 0.2) is 218 Å². The molecule has 0 radical (unpaired) electrons. The van der Waals surface area contributed by atoms with Gasteiger partial charge in [0.1, 0.15) is 0 Å². The van der Waals surface area contributed by atoms with Crippen LogP contribution in [0.1, 0.15) is 128 Å². The summed E-state index contributed by atoms with van der Waals surface area (Å²) in [6.45, 7) is 27.7. The highest BCUT2D eigenvalue weighted by Gasteiger charge is 2.27. The van der Waals surface area contributed by atoms with Crippen molar-refractivity contribution in [3.05, 3.63) is 263 Å². The minimum Gasteiger partial charge on any atom is -0.354 e. The molecule has 4 nitrogen and oxygen atoms in total. The molecule has 3 aromatic heterocycles. The Labute approximate surface area is 604 Å². The molecule has 2 N–H and O–H groups in total. The molecular weight excluding hydrogens is 1260 g/mol. The second-order valence-electron chi connectivity index (χ2n) is 34.4. The lowest BCUT2D eigenvalue weighted by Crippen LogP contribution is -2.10. The molecule has 0 fully saturated rings. The van der Waals surface area contributed by atoms with Crippen LogP contribution in [-0.4, -0.2) is 19.9 Å². The van der Waals surface area contributed by atoms with Crippen LogP contribution in [0.4, 0.5) is 0 Å². The van der Waals surface area contributed by atoms with Gasteiger partial charge in [0.15, 0.2) is 0 Å². The molecule has 19 aromatic rings. The Balaban J connectivity index is 0.871. The number of hydrogen-bond acceptors (Lipinski definition) is 2. The Bertz CT molecular complexity index is 6110. The number of hydrogen-bond donors (Lipinski definition) is 2. The zero-order chi connectivity index (χ0) is 70.5. The molecule has 0 amide bonds. The van der Waals surface area contributed by atoms with Gasteiger partial charge < -0.3 is 9.97 Å². The molecule has 8 bridgehead atoms. The first-order valence-electron chi connectivity index (χ1n) is 37.1. The Morgan fingerprint density at radius 2 is 0.337 bits per heavy atom. The fourth-order valence-corrected chi connectivity index (χ4v) is 18.1. The largest absolute Gasteiger partial charge is 0.354 e. The van der Waals surface area contributed by atoms with Crippen molar-refractivity contribution >= 4 is 176 Å². The maximum atomic E-state index is 5.97. The van der Waals surface area contributed by atoms with Crippen molar-refractivity contribution < 1.29 is 0 Å². The lowest BCUT2D eigenvalue weighted by atomic mass is 9.83. The minimum absolute atomic E-state index is 0.0122. The van der Waals surface area contributed by atoms with Crippen LogP contribution in [-0.2, 0) is 21.7 Å². The summed E-state index contributed by atoms with van der Waals surface area (Å²) in [4.78, 5) is 20.3. The van der Waals surface area contributed by atoms with Crippen LogP contribution in [0.5, 0.6) is 0 Å². The smallest absolute Gasteiger partial charge is 0.0737 e. The highest BCUT2D eigenvalue weighted by atomic mass is 14.8. The molecule has 0 saturated carbocycles. The third-order valence-electron chi connectivity index (χ3n) is 23.5. The molecule has 0 unspecified atom stereocenters. The van der Waals surface area contributed by atoms with Gasteiger partial charge in [0.05, 0.1) is 22.8 Å². The van der Waals surface area contributed by atoms with Crippen molar-refractivity contribution in [2.24, 2.45) is 0 Å². The lowest BCUT2D eigenvalue weighted by molar-refractivity contribution is 0.591. The van der Waals surface area contributed by atoms with Gasteiger partial charge in [-0.05, 0) is 293 Å². The molecule has 16 aromatic carbocycles. The van der Waals surface area contributed by atoms with Crippen molar-refractivity contribution in [3.63, 3.8) is 0 Å². The van der Waals surface area contributed by atoms with Crippen LogP contribution in [0.25, 0.3) is 220 Å². The molecule has 2 aliphatic heterocycles. The average Bonchev–Trinajstić information content (AvgIpc) is 1.20. The van der Waals surface area contributed by atoms with Crippen molar-refractivity contribution in [1.82, 2.24) is 19.9 Å². The summed E-state index contributed by atoms with van der Waals surface area (Å²) in [5.74, 6) is 0. The van der Waals surface area contributed by atoms with Gasteiger partial charge in [0.25, 0.3) is 0 Å². The number of benzene rings is 16. The van der Waals surface area contributed by atoms with E-state index in [4.69, 9.17) is 9.97 Å². The number of nitrogens with one attached hydrogen (secondary N) is 2. The molecule has 104 heavy (non-hydrogen) atoms. The maximum Gasteiger partial charge on any atom is 0.0737 e. The van der Waals surface area contributed by atoms with Gasteiger partial charge >= 0.3 is 0 Å². The molecule has 21 rings (SSSR count). The van der Waals surface area contributed by atoms with E-state index >= 15 is 0 Å². The molecule has 498 valence electrons. The zero-order valence-electron chi connectivity index (χ0n) is 61.0. The number of aromatic amines is 2. The average molecular weight is 1340 g/mol. The highest BCUT2D eigenvalue weighted by molar-refractivity contribution is 6.28. The van der Waals surface area contributed by atoms with E-state index in [1.54, 1.807) is 0 Å². The molecular formula is C100H78N4. The fraction of sp³-hybridized carbons (Fsp3) is 0.160. The lowest BCUT2D eigenvalue weighted by Gasteiger charge is -2.21.